The van der Waals surface area contributed by atoms with Gasteiger partial charge in [-0.05, 0) is 0 Å². The minimum Gasteiger partial charge on any atom is -0.370 e. The van der Waals surface area contributed by atoms with Gasteiger partial charge in [-0.25, -0.2) is 4.57 Å². The van der Waals surface area contributed by atoms with Crippen LogP contribution in [0.3, 0.4) is 0 Å². The maximum atomic E-state index is 10.5. The average Bonchev–Trinajstić information content (AvgIpc) is 1.84. The molecule has 0 heterocycles. The van der Waals surface area contributed by atoms with E-state index in [0.29, 0.717) is 13.1 Å². The van der Waals surface area contributed by atoms with Gasteiger partial charge in [-0.3, -0.25) is 14.6 Å². The van der Waals surface area contributed by atoms with Crippen molar-refractivity contribution in [2.75, 3.05) is 19.6 Å². The van der Waals surface area contributed by atoms with E-state index in [9.17, 15) is 9.36 Å². The molecule has 0 aliphatic heterocycles. The first kappa shape index (κ1) is 11.5. The molecular formula is C4H11N2O5P. The molecule has 7 nitrogen and oxygen atoms in total. The summed E-state index contributed by atoms with van der Waals surface area (Å²) in [6.07, 6.45) is 0. The third kappa shape index (κ3) is 7.64. The average molecular weight is 198 g/mol. The Morgan fingerprint density at radius 1 is 1.58 bits per heavy atom. The number of carbonyl (C=O) groups excluding carboxylic acids is 1. The van der Waals surface area contributed by atoms with Crippen molar-refractivity contribution in [3.63, 3.8) is 0 Å². The van der Waals surface area contributed by atoms with Crippen LogP contribution in [0.5, 0.6) is 0 Å². The van der Waals surface area contributed by atoms with Gasteiger partial charge in [-0.2, -0.15) is 0 Å². The van der Waals surface area contributed by atoms with E-state index in [4.69, 9.17) is 15.5 Å². The smallest absolute Gasteiger partial charge is 0.370 e. The van der Waals surface area contributed by atoms with Crippen LogP contribution in [-0.2, 0) is 13.9 Å². The van der Waals surface area contributed by atoms with Gasteiger partial charge in [0.05, 0.1) is 6.54 Å². The molecule has 0 unspecified atom stereocenters. The van der Waals surface area contributed by atoms with Crippen LogP contribution in [0.1, 0.15) is 0 Å². The van der Waals surface area contributed by atoms with Crippen LogP contribution < -0.4 is 11.1 Å². The molecule has 0 aliphatic rings. The van der Waals surface area contributed by atoms with Gasteiger partial charge < -0.3 is 15.6 Å². The van der Waals surface area contributed by atoms with E-state index < -0.39 is 13.8 Å². The van der Waals surface area contributed by atoms with Crippen LogP contribution in [0.4, 0.5) is 0 Å². The number of nitrogens with one attached hydrogen (secondary N) is 1. The lowest BCUT2D eigenvalue weighted by Gasteiger charge is -2.04. The summed E-state index contributed by atoms with van der Waals surface area (Å²) in [6.45, 7) is 0.460. The minimum atomic E-state index is -4.69. The zero-order valence-electron chi connectivity index (χ0n) is 6.27. The molecule has 0 atom stereocenters. The summed E-state index contributed by atoms with van der Waals surface area (Å²) < 4.78 is 13.8. The predicted molar refractivity (Wildman–Crippen MR) is 40.1 cm³/mol. The van der Waals surface area contributed by atoms with Gasteiger partial charge in [0.1, 0.15) is 0 Å². The monoisotopic (exact) mass is 198 g/mol. The van der Waals surface area contributed by atoms with E-state index in [1.54, 1.807) is 0 Å². The molecule has 8 heteroatoms. The van der Waals surface area contributed by atoms with Gasteiger partial charge in [0.25, 0.3) is 0 Å². The van der Waals surface area contributed by atoms with Crippen molar-refractivity contribution < 1.29 is 23.7 Å². The van der Waals surface area contributed by atoms with E-state index in [1.165, 1.54) is 0 Å². The quantitative estimate of drug-likeness (QED) is 0.302. The van der Waals surface area contributed by atoms with E-state index in [0.717, 1.165) is 0 Å². The number of hydrogen-bond acceptors (Lipinski definition) is 5. The lowest BCUT2D eigenvalue weighted by molar-refractivity contribution is -0.134. The van der Waals surface area contributed by atoms with Gasteiger partial charge in [-0.15, -0.1) is 0 Å². The van der Waals surface area contributed by atoms with Crippen molar-refractivity contribution in [3.05, 3.63) is 0 Å². The van der Waals surface area contributed by atoms with Crippen molar-refractivity contribution in [1.82, 2.24) is 5.32 Å². The molecule has 0 amide bonds. The van der Waals surface area contributed by atoms with Crippen molar-refractivity contribution in [2.45, 2.75) is 0 Å². The van der Waals surface area contributed by atoms with Crippen LogP contribution in [0.2, 0.25) is 0 Å². The fraction of sp³-hybridized carbons (Fsp3) is 0.750. The molecule has 0 aromatic rings. The van der Waals surface area contributed by atoms with Gasteiger partial charge in [0.15, 0.2) is 0 Å². The third-order valence-corrected chi connectivity index (χ3v) is 1.25. The molecule has 0 saturated heterocycles. The standard InChI is InChI=1S/C4H11N2O5P/c5-1-2-6-3-4(7)11-12(8,9)10/h6H,1-3,5H2,(H2,8,9,10). The topological polar surface area (TPSA) is 122 Å². The zero-order valence-corrected chi connectivity index (χ0v) is 7.16. The van der Waals surface area contributed by atoms with Crippen LogP contribution in [0, 0.1) is 0 Å². The maximum absolute atomic E-state index is 10.5. The Morgan fingerprint density at radius 2 is 2.17 bits per heavy atom. The normalized spacial score (nSPS) is 11.2. The Labute approximate surface area is 69.1 Å². The molecule has 0 aromatic heterocycles. The molecule has 0 radical (unpaired) electrons. The molecule has 72 valence electrons. The van der Waals surface area contributed by atoms with Crippen molar-refractivity contribution in [2.24, 2.45) is 5.73 Å². The molecule has 0 fully saturated rings. The highest BCUT2D eigenvalue weighted by Crippen LogP contribution is 2.35. The van der Waals surface area contributed by atoms with Gasteiger partial charge >= 0.3 is 13.8 Å². The number of rotatable bonds is 5. The molecule has 0 aromatic carbocycles. The van der Waals surface area contributed by atoms with Crippen LogP contribution in [0.15, 0.2) is 0 Å². The largest absolute Gasteiger partial charge is 0.527 e. The second kappa shape index (κ2) is 5.23. The third-order valence-electron chi connectivity index (χ3n) is 0.811. The van der Waals surface area contributed by atoms with Crippen molar-refractivity contribution in [3.8, 4) is 0 Å². The zero-order chi connectivity index (χ0) is 9.61. The molecule has 0 bridgehead atoms. The number of phosphoric acid groups is 1. The molecule has 0 aliphatic carbocycles. The molecule has 5 N–H and O–H groups in total. The predicted octanol–water partition coefficient (Wildman–Crippen LogP) is -1.83. The van der Waals surface area contributed by atoms with Crippen LogP contribution >= 0.6 is 7.82 Å². The highest BCUT2D eigenvalue weighted by Gasteiger charge is 2.19. The SMILES string of the molecule is NCCNCC(=O)OP(=O)(O)O. The fourth-order valence-electron chi connectivity index (χ4n) is 0.457. The Bertz CT molecular complexity index is 190. The fourth-order valence-corrected chi connectivity index (χ4v) is 0.787. The Morgan fingerprint density at radius 3 is 2.58 bits per heavy atom. The second-order valence-corrected chi connectivity index (χ2v) is 3.08. The summed E-state index contributed by atoms with van der Waals surface area (Å²) in [5, 5.41) is 2.51. The number of phosphoric ester groups is 1. The lowest BCUT2D eigenvalue weighted by Crippen LogP contribution is -2.28. The highest BCUT2D eigenvalue weighted by atomic mass is 31.2. The number of hydrogen-bond donors (Lipinski definition) is 4. The van der Waals surface area contributed by atoms with Gasteiger partial charge in [0.2, 0.25) is 0 Å². The first-order chi connectivity index (χ1) is 5.45. The Kier molecular flexibility index (Phi) is 5.03. The van der Waals surface area contributed by atoms with Crippen molar-refractivity contribution in [1.29, 1.82) is 0 Å². The lowest BCUT2D eigenvalue weighted by atomic mass is 10.6. The van der Waals surface area contributed by atoms with Crippen molar-refractivity contribution >= 4 is 13.8 Å². The van der Waals surface area contributed by atoms with E-state index >= 15 is 0 Å². The van der Waals surface area contributed by atoms with E-state index in [1.807, 2.05) is 0 Å². The van der Waals surface area contributed by atoms with E-state index in [-0.39, 0.29) is 6.54 Å². The summed E-state index contributed by atoms with van der Waals surface area (Å²) in [6, 6.07) is 0. The van der Waals surface area contributed by atoms with Crippen LogP contribution in [0.25, 0.3) is 0 Å². The summed E-state index contributed by atoms with van der Waals surface area (Å²) in [4.78, 5) is 26.8. The summed E-state index contributed by atoms with van der Waals surface area (Å²) in [7, 11) is -4.69. The molecule has 0 spiro atoms. The minimum absolute atomic E-state index is 0.262. The Hall–Kier alpha value is -0.460. The number of carbonyl (C=O) groups is 1. The van der Waals surface area contributed by atoms with Gasteiger partial charge in [0, 0.05) is 13.1 Å². The molecular weight excluding hydrogens is 187 g/mol. The maximum Gasteiger partial charge on any atom is 0.527 e. The summed E-state index contributed by atoms with van der Waals surface area (Å²) in [5.41, 5.74) is 5.07. The Balaban J connectivity index is 3.54. The molecule has 0 saturated carbocycles. The second-order valence-electron chi connectivity index (χ2n) is 1.92. The molecule has 12 heavy (non-hydrogen) atoms. The van der Waals surface area contributed by atoms with Crippen LogP contribution in [-0.4, -0.2) is 35.4 Å². The summed E-state index contributed by atoms with van der Waals surface area (Å²) >= 11 is 0. The number of nitrogens with two attached hydrogens (primary N) is 1. The van der Waals surface area contributed by atoms with Gasteiger partial charge in [-0.1, -0.05) is 0 Å². The first-order valence-corrected chi connectivity index (χ1v) is 4.67. The first-order valence-electron chi connectivity index (χ1n) is 3.14. The molecule has 0 rings (SSSR count). The summed E-state index contributed by atoms with van der Waals surface area (Å²) in [5.74, 6) is -1.00. The van der Waals surface area contributed by atoms with E-state index in [2.05, 4.69) is 9.84 Å². The highest BCUT2D eigenvalue weighted by molar-refractivity contribution is 7.46.